The number of ether oxygens (including phenoxy) is 1. The van der Waals surface area contributed by atoms with Crippen LogP contribution in [0.3, 0.4) is 0 Å². The first-order valence-corrected chi connectivity index (χ1v) is 10.9. The van der Waals surface area contributed by atoms with Gasteiger partial charge in [0.1, 0.15) is 5.75 Å². The highest BCUT2D eigenvalue weighted by atomic mass is 32.2. The quantitative estimate of drug-likeness (QED) is 0.667. The van der Waals surface area contributed by atoms with Gasteiger partial charge in [-0.2, -0.15) is 4.31 Å². The molecule has 0 spiro atoms. The molecule has 0 bridgehead atoms. The summed E-state index contributed by atoms with van der Waals surface area (Å²) >= 11 is 0. The van der Waals surface area contributed by atoms with Gasteiger partial charge in [-0.05, 0) is 49.6 Å². The molecule has 154 valence electrons. The maximum Gasteiger partial charge on any atom is 0.258 e. The second kappa shape index (κ2) is 9.19. The van der Waals surface area contributed by atoms with E-state index in [0.29, 0.717) is 24.4 Å². The first kappa shape index (κ1) is 21.0. The van der Waals surface area contributed by atoms with Crippen molar-refractivity contribution in [1.29, 1.82) is 0 Å². The molecule has 1 fully saturated rings. The number of ketones is 1. The molecule has 1 aliphatic heterocycles. The summed E-state index contributed by atoms with van der Waals surface area (Å²) in [5.41, 5.74) is 1.31. The fourth-order valence-electron chi connectivity index (χ4n) is 3.06. The molecule has 0 radical (unpaired) electrons. The van der Waals surface area contributed by atoms with Crippen LogP contribution in [-0.4, -0.2) is 44.1 Å². The standard InChI is InChI=1S/C21H24N2O5S/c1-16(24)18-5-4-6-19(13-18)28-15-21(25)22-14-17-7-9-20(10-8-17)29(26,27)23-11-2-3-12-23/h4-10,13H,2-3,11-12,14-15H2,1H3,(H,22,25). The van der Waals surface area contributed by atoms with Gasteiger partial charge in [0.25, 0.3) is 5.91 Å². The Kier molecular flexibility index (Phi) is 6.66. The summed E-state index contributed by atoms with van der Waals surface area (Å²) in [6.45, 7) is 2.68. The predicted molar refractivity (Wildman–Crippen MR) is 108 cm³/mol. The zero-order valence-electron chi connectivity index (χ0n) is 16.3. The number of sulfonamides is 1. The van der Waals surface area contributed by atoms with Crippen molar-refractivity contribution in [3.63, 3.8) is 0 Å². The van der Waals surface area contributed by atoms with E-state index in [1.165, 1.54) is 11.2 Å². The van der Waals surface area contributed by atoms with E-state index < -0.39 is 10.0 Å². The summed E-state index contributed by atoms with van der Waals surface area (Å²) < 4.78 is 32.0. The summed E-state index contributed by atoms with van der Waals surface area (Å²) in [5, 5.41) is 2.73. The minimum Gasteiger partial charge on any atom is -0.484 e. The SMILES string of the molecule is CC(=O)c1cccc(OCC(=O)NCc2ccc(S(=O)(=O)N3CCCC3)cc2)c1. The number of carbonyl (C=O) groups excluding carboxylic acids is 2. The van der Waals surface area contributed by atoms with Crippen LogP contribution in [0.15, 0.2) is 53.4 Å². The molecule has 1 saturated heterocycles. The lowest BCUT2D eigenvalue weighted by Crippen LogP contribution is -2.29. The Bertz CT molecular complexity index is 980. The molecular weight excluding hydrogens is 392 g/mol. The van der Waals surface area contributed by atoms with Gasteiger partial charge < -0.3 is 10.1 Å². The third kappa shape index (κ3) is 5.42. The van der Waals surface area contributed by atoms with Crippen LogP contribution in [-0.2, 0) is 21.4 Å². The van der Waals surface area contributed by atoms with Crippen LogP contribution in [0.1, 0.15) is 35.7 Å². The minimum absolute atomic E-state index is 0.0740. The number of carbonyl (C=O) groups is 2. The summed E-state index contributed by atoms with van der Waals surface area (Å²) in [6.07, 6.45) is 1.79. The van der Waals surface area contributed by atoms with Crippen LogP contribution in [0.4, 0.5) is 0 Å². The van der Waals surface area contributed by atoms with Crippen LogP contribution >= 0.6 is 0 Å². The molecule has 0 aromatic heterocycles. The van der Waals surface area contributed by atoms with Crippen LogP contribution < -0.4 is 10.1 Å². The number of hydrogen-bond donors (Lipinski definition) is 1. The lowest BCUT2D eigenvalue weighted by Gasteiger charge is -2.15. The van der Waals surface area contributed by atoms with E-state index in [1.54, 1.807) is 48.5 Å². The second-order valence-electron chi connectivity index (χ2n) is 6.90. The van der Waals surface area contributed by atoms with E-state index >= 15 is 0 Å². The normalized spacial score (nSPS) is 14.5. The molecule has 2 aromatic rings. The van der Waals surface area contributed by atoms with E-state index in [9.17, 15) is 18.0 Å². The Morgan fingerprint density at radius 2 is 1.76 bits per heavy atom. The van der Waals surface area contributed by atoms with Crippen molar-refractivity contribution in [2.24, 2.45) is 0 Å². The molecule has 0 saturated carbocycles. The average molecular weight is 416 g/mol. The minimum atomic E-state index is -3.43. The smallest absolute Gasteiger partial charge is 0.258 e. The maximum atomic E-state index is 12.5. The van der Waals surface area contributed by atoms with Gasteiger partial charge in [0.05, 0.1) is 4.90 Å². The van der Waals surface area contributed by atoms with Crippen LogP contribution in [0.2, 0.25) is 0 Å². The summed E-state index contributed by atoms with van der Waals surface area (Å²) in [5.74, 6) is 0.0615. The summed E-state index contributed by atoms with van der Waals surface area (Å²) in [4.78, 5) is 23.7. The fourth-order valence-corrected chi connectivity index (χ4v) is 4.58. The third-order valence-corrected chi connectivity index (χ3v) is 6.64. The fraction of sp³-hybridized carbons (Fsp3) is 0.333. The largest absolute Gasteiger partial charge is 0.484 e. The Morgan fingerprint density at radius 1 is 1.07 bits per heavy atom. The van der Waals surface area contributed by atoms with Crippen molar-refractivity contribution in [1.82, 2.24) is 9.62 Å². The molecule has 1 aliphatic rings. The lowest BCUT2D eigenvalue weighted by atomic mass is 10.1. The number of hydrogen-bond acceptors (Lipinski definition) is 5. The summed E-state index contributed by atoms with van der Waals surface area (Å²) in [6, 6.07) is 13.2. The topological polar surface area (TPSA) is 92.8 Å². The van der Waals surface area contributed by atoms with Gasteiger partial charge in [0.2, 0.25) is 10.0 Å². The molecule has 0 atom stereocenters. The lowest BCUT2D eigenvalue weighted by molar-refractivity contribution is -0.123. The van der Waals surface area contributed by atoms with E-state index in [0.717, 1.165) is 18.4 Å². The zero-order chi connectivity index (χ0) is 20.9. The van der Waals surface area contributed by atoms with Crippen molar-refractivity contribution >= 4 is 21.7 Å². The molecule has 8 heteroatoms. The van der Waals surface area contributed by atoms with Gasteiger partial charge in [0.15, 0.2) is 12.4 Å². The molecule has 2 aromatic carbocycles. The number of Topliss-reactive ketones (excluding diaryl/α,β-unsaturated/α-hetero) is 1. The van der Waals surface area contributed by atoms with Gasteiger partial charge in [0, 0.05) is 25.2 Å². The first-order valence-electron chi connectivity index (χ1n) is 9.46. The van der Waals surface area contributed by atoms with Crippen molar-refractivity contribution in [2.45, 2.75) is 31.2 Å². The third-order valence-electron chi connectivity index (χ3n) is 4.73. The highest BCUT2D eigenvalue weighted by molar-refractivity contribution is 7.89. The van der Waals surface area contributed by atoms with E-state index in [2.05, 4.69) is 5.32 Å². The number of nitrogens with zero attached hydrogens (tertiary/aromatic N) is 1. The highest BCUT2D eigenvalue weighted by Crippen LogP contribution is 2.21. The Balaban J connectivity index is 1.50. The Morgan fingerprint density at radius 3 is 2.41 bits per heavy atom. The van der Waals surface area contributed by atoms with Crippen LogP contribution in [0.5, 0.6) is 5.75 Å². The Labute approximate surface area is 170 Å². The molecule has 7 nitrogen and oxygen atoms in total. The molecule has 1 N–H and O–H groups in total. The van der Waals surface area contributed by atoms with Gasteiger partial charge in [-0.25, -0.2) is 8.42 Å². The van der Waals surface area contributed by atoms with Crippen LogP contribution in [0, 0.1) is 0 Å². The molecule has 1 heterocycles. The summed E-state index contributed by atoms with van der Waals surface area (Å²) in [7, 11) is -3.43. The number of nitrogens with one attached hydrogen (secondary N) is 1. The van der Waals surface area contributed by atoms with Gasteiger partial charge in [-0.3, -0.25) is 9.59 Å². The van der Waals surface area contributed by atoms with E-state index in [1.807, 2.05) is 0 Å². The van der Waals surface area contributed by atoms with Crippen molar-refractivity contribution in [3.05, 3.63) is 59.7 Å². The van der Waals surface area contributed by atoms with Gasteiger partial charge >= 0.3 is 0 Å². The molecule has 3 rings (SSSR count). The molecule has 1 amide bonds. The average Bonchev–Trinajstić information content (AvgIpc) is 3.27. The van der Waals surface area contributed by atoms with Crippen molar-refractivity contribution < 1.29 is 22.7 Å². The monoisotopic (exact) mass is 416 g/mol. The number of benzene rings is 2. The molecular formula is C21H24N2O5S. The van der Waals surface area contributed by atoms with Crippen molar-refractivity contribution in [3.8, 4) is 5.75 Å². The van der Waals surface area contributed by atoms with Gasteiger partial charge in [-0.15, -0.1) is 0 Å². The molecule has 0 aliphatic carbocycles. The number of rotatable bonds is 8. The van der Waals surface area contributed by atoms with Gasteiger partial charge in [-0.1, -0.05) is 24.3 Å². The number of amides is 1. The molecule has 0 unspecified atom stereocenters. The van der Waals surface area contributed by atoms with E-state index in [4.69, 9.17) is 4.74 Å². The first-order chi connectivity index (χ1) is 13.9. The second-order valence-corrected chi connectivity index (χ2v) is 8.84. The zero-order valence-corrected chi connectivity index (χ0v) is 17.1. The Hall–Kier alpha value is -2.71. The van der Waals surface area contributed by atoms with Crippen LogP contribution in [0.25, 0.3) is 0 Å². The van der Waals surface area contributed by atoms with Crippen molar-refractivity contribution in [2.75, 3.05) is 19.7 Å². The van der Waals surface area contributed by atoms with E-state index in [-0.39, 0.29) is 29.7 Å². The highest BCUT2D eigenvalue weighted by Gasteiger charge is 2.26. The maximum absolute atomic E-state index is 12.5. The molecule has 29 heavy (non-hydrogen) atoms. The predicted octanol–water partition coefficient (Wildman–Crippen LogP) is 2.37.